The Labute approximate surface area is 189 Å². The average Bonchev–Trinajstić information content (AvgIpc) is 3.13. The fraction of sp³-hybridized carbons (Fsp3) is 0.182. The smallest absolute Gasteiger partial charge is 0.241 e. The van der Waals surface area contributed by atoms with Crippen LogP contribution in [0.3, 0.4) is 0 Å². The van der Waals surface area contributed by atoms with Crippen molar-refractivity contribution >= 4 is 32.8 Å². The maximum absolute atomic E-state index is 13.4. The molecule has 1 N–H and O–H groups in total. The third-order valence-corrected chi connectivity index (χ3v) is 6.47. The summed E-state index contributed by atoms with van der Waals surface area (Å²) in [6.45, 7) is 2.87. The number of pyridine rings is 1. The summed E-state index contributed by atoms with van der Waals surface area (Å²) < 4.78 is 48.6. The molecule has 0 amide bonds. The number of sulfonamides is 1. The highest BCUT2D eigenvalue weighted by atomic mass is 35.5. The van der Waals surface area contributed by atoms with Gasteiger partial charge >= 0.3 is 0 Å². The molecule has 4 rings (SSSR count). The highest BCUT2D eigenvalue weighted by Gasteiger charge is 2.19. The normalized spacial score (nSPS) is 11.7. The lowest BCUT2D eigenvalue weighted by atomic mass is 10.2. The van der Waals surface area contributed by atoms with Crippen LogP contribution in [0.2, 0.25) is 5.02 Å². The van der Waals surface area contributed by atoms with E-state index in [4.69, 9.17) is 16.3 Å². The molecule has 0 saturated carbocycles. The van der Waals surface area contributed by atoms with Gasteiger partial charge < -0.3 is 9.30 Å². The van der Waals surface area contributed by atoms with Crippen LogP contribution < -0.4 is 9.46 Å². The van der Waals surface area contributed by atoms with Gasteiger partial charge in [-0.1, -0.05) is 23.7 Å². The summed E-state index contributed by atoms with van der Waals surface area (Å²) in [5.41, 5.74) is 2.27. The van der Waals surface area contributed by atoms with Gasteiger partial charge in [-0.3, -0.25) is 0 Å². The number of rotatable bonds is 8. The van der Waals surface area contributed by atoms with Crippen LogP contribution in [0.4, 0.5) is 4.39 Å². The largest absolute Gasteiger partial charge is 0.494 e. The number of ether oxygens (including phenoxy) is 1. The molecule has 2 aromatic heterocycles. The minimum Gasteiger partial charge on any atom is -0.494 e. The Hall–Kier alpha value is -3.01. The standard InChI is InChI=1S/C22H20ClFN4O3S/c1-2-31-16-7-5-15(6-8-16)14-28-21(27-20-4-3-11-25-22(20)28)13-26-32(29,30)17-9-10-19(24)18(23)12-17/h3-12,26H,2,13-14H2,1H3. The molecular weight excluding hydrogens is 455 g/mol. The average molecular weight is 475 g/mol. The number of fused-ring (bicyclic) bond motifs is 1. The van der Waals surface area contributed by atoms with Crippen molar-refractivity contribution in [1.82, 2.24) is 19.3 Å². The van der Waals surface area contributed by atoms with Gasteiger partial charge in [-0.05, 0) is 55.0 Å². The first-order valence-corrected chi connectivity index (χ1v) is 11.7. The Morgan fingerprint density at radius 1 is 1.16 bits per heavy atom. The summed E-state index contributed by atoms with van der Waals surface area (Å²) in [5, 5.41) is -0.264. The SMILES string of the molecule is CCOc1ccc(Cn2c(CNS(=O)(=O)c3ccc(F)c(Cl)c3)nc3cccnc32)cc1. The van der Waals surface area contributed by atoms with Crippen molar-refractivity contribution in [1.29, 1.82) is 0 Å². The summed E-state index contributed by atoms with van der Waals surface area (Å²) in [7, 11) is -3.93. The van der Waals surface area contributed by atoms with E-state index in [2.05, 4.69) is 14.7 Å². The number of hydrogen-bond acceptors (Lipinski definition) is 5. The molecule has 7 nitrogen and oxygen atoms in total. The first-order chi connectivity index (χ1) is 15.4. The number of halogens is 2. The van der Waals surface area contributed by atoms with Gasteiger partial charge in [-0.15, -0.1) is 0 Å². The Bertz CT molecular complexity index is 1360. The van der Waals surface area contributed by atoms with Crippen LogP contribution in [0.1, 0.15) is 18.3 Å². The van der Waals surface area contributed by atoms with E-state index in [1.165, 1.54) is 0 Å². The first kappa shape index (κ1) is 22.2. The molecule has 2 aromatic carbocycles. The van der Waals surface area contributed by atoms with Crippen LogP contribution >= 0.6 is 11.6 Å². The second-order valence-electron chi connectivity index (χ2n) is 6.94. The van der Waals surface area contributed by atoms with Crippen molar-refractivity contribution < 1.29 is 17.5 Å². The minimum absolute atomic E-state index is 0.0787. The Kier molecular flexibility index (Phi) is 6.40. The molecule has 0 bridgehead atoms. The van der Waals surface area contributed by atoms with E-state index >= 15 is 0 Å². The molecule has 0 unspecified atom stereocenters. The Balaban J connectivity index is 1.61. The van der Waals surface area contributed by atoms with Crippen LogP contribution in [-0.4, -0.2) is 29.6 Å². The minimum atomic E-state index is -3.93. The van der Waals surface area contributed by atoms with Crippen molar-refractivity contribution in [3.63, 3.8) is 0 Å². The van der Waals surface area contributed by atoms with Crippen LogP contribution in [0.15, 0.2) is 65.7 Å². The lowest BCUT2D eigenvalue weighted by molar-refractivity contribution is 0.340. The van der Waals surface area contributed by atoms with Gasteiger partial charge in [-0.2, -0.15) is 0 Å². The lowest BCUT2D eigenvalue weighted by Crippen LogP contribution is -2.25. The van der Waals surface area contributed by atoms with Gasteiger partial charge in [0, 0.05) is 6.20 Å². The third kappa shape index (κ3) is 4.74. The molecule has 4 aromatic rings. The highest BCUT2D eigenvalue weighted by Crippen LogP contribution is 2.21. The fourth-order valence-electron chi connectivity index (χ4n) is 3.23. The molecular formula is C22H20ClFN4O3S. The van der Waals surface area contributed by atoms with E-state index in [1.807, 2.05) is 41.8 Å². The molecule has 0 aliphatic heterocycles. The van der Waals surface area contributed by atoms with Gasteiger partial charge in [0.25, 0.3) is 0 Å². The van der Waals surface area contributed by atoms with Crippen LogP contribution in [-0.2, 0) is 23.1 Å². The summed E-state index contributed by atoms with van der Waals surface area (Å²) in [6, 6.07) is 14.5. The Morgan fingerprint density at radius 2 is 1.94 bits per heavy atom. The zero-order valence-electron chi connectivity index (χ0n) is 17.1. The summed E-state index contributed by atoms with van der Waals surface area (Å²) in [5.74, 6) is 0.578. The maximum atomic E-state index is 13.4. The molecule has 0 atom stereocenters. The predicted molar refractivity (Wildman–Crippen MR) is 120 cm³/mol. The summed E-state index contributed by atoms with van der Waals surface area (Å²) >= 11 is 5.74. The molecule has 2 heterocycles. The van der Waals surface area contributed by atoms with Crippen LogP contribution in [0, 0.1) is 5.82 Å². The number of benzene rings is 2. The van der Waals surface area contributed by atoms with Gasteiger partial charge in [0.1, 0.15) is 22.9 Å². The van der Waals surface area contributed by atoms with Crippen molar-refractivity contribution in [3.05, 3.63) is 83.0 Å². The second kappa shape index (κ2) is 9.23. The zero-order valence-corrected chi connectivity index (χ0v) is 18.7. The molecule has 32 heavy (non-hydrogen) atoms. The van der Waals surface area contributed by atoms with Crippen LogP contribution in [0.5, 0.6) is 5.75 Å². The van der Waals surface area contributed by atoms with Gasteiger partial charge in [-0.25, -0.2) is 27.5 Å². The van der Waals surface area contributed by atoms with Gasteiger partial charge in [0.05, 0.1) is 29.6 Å². The quantitative estimate of drug-likeness (QED) is 0.414. The number of hydrogen-bond donors (Lipinski definition) is 1. The van der Waals surface area contributed by atoms with Gasteiger partial charge in [0.15, 0.2) is 5.65 Å². The molecule has 0 aliphatic rings. The van der Waals surface area contributed by atoms with E-state index in [0.29, 0.717) is 30.1 Å². The van der Waals surface area contributed by atoms with E-state index in [-0.39, 0.29) is 16.5 Å². The predicted octanol–water partition coefficient (Wildman–Crippen LogP) is 4.15. The van der Waals surface area contributed by atoms with E-state index in [1.54, 1.807) is 12.3 Å². The monoisotopic (exact) mass is 474 g/mol. The second-order valence-corrected chi connectivity index (χ2v) is 9.11. The van der Waals surface area contributed by atoms with E-state index in [9.17, 15) is 12.8 Å². The fourth-order valence-corrected chi connectivity index (χ4v) is 4.48. The molecule has 0 saturated heterocycles. The molecule has 166 valence electrons. The van der Waals surface area contributed by atoms with Gasteiger partial charge in [0.2, 0.25) is 10.0 Å². The summed E-state index contributed by atoms with van der Waals surface area (Å²) in [6.07, 6.45) is 1.66. The number of nitrogens with zero attached hydrogens (tertiary/aromatic N) is 3. The summed E-state index contributed by atoms with van der Waals surface area (Å²) in [4.78, 5) is 8.83. The van der Waals surface area contributed by atoms with Crippen molar-refractivity contribution in [2.24, 2.45) is 0 Å². The molecule has 0 aliphatic carbocycles. The van der Waals surface area contributed by atoms with E-state index < -0.39 is 15.8 Å². The van der Waals surface area contributed by atoms with Crippen molar-refractivity contribution in [2.45, 2.75) is 24.9 Å². The topological polar surface area (TPSA) is 86.1 Å². The lowest BCUT2D eigenvalue weighted by Gasteiger charge is -2.11. The number of nitrogens with one attached hydrogen (secondary N) is 1. The van der Waals surface area contributed by atoms with Crippen molar-refractivity contribution in [3.8, 4) is 5.75 Å². The Morgan fingerprint density at radius 3 is 2.66 bits per heavy atom. The number of aromatic nitrogens is 3. The molecule has 0 radical (unpaired) electrons. The number of imidazole rings is 1. The molecule has 10 heteroatoms. The molecule has 0 fully saturated rings. The molecule has 0 spiro atoms. The zero-order chi connectivity index (χ0) is 22.7. The van der Waals surface area contributed by atoms with Crippen molar-refractivity contribution in [2.75, 3.05) is 6.61 Å². The third-order valence-electron chi connectivity index (χ3n) is 4.78. The van der Waals surface area contributed by atoms with Crippen LogP contribution in [0.25, 0.3) is 11.2 Å². The first-order valence-electron chi connectivity index (χ1n) is 9.84. The highest BCUT2D eigenvalue weighted by molar-refractivity contribution is 7.89. The maximum Gasteiger partial charge on any atom is 0.241 e. The van der Waals surface area contributed by atoms with E-state index in [0.717, 1.165) is 29.5 Å².